The number of nitrogen functional groups attached to an aromatic ring is 1. The monoisotopic (exact) mass is 347 g/mol. The number of phenols is 1. The van der Waals surface area contributed by atoms with Crippen LogP contribution in [0.1, 0.15) is 36.8 Å². The molecule has 1 aliphatic rings. The highest BCUT2D eigenvalue weighted by Crippen LogP contribution is 2.47. The summed E-state index contributed by atoms with van der Waals surface area (Å²) in [6.07, 6.45) is 2.32. The number of anilines is 1. The molecule has 1 fully saturated rings. The highest BCUT2D eigenvalue weighted by atomic mass is 16.5. The van der Waals surface area contributed by atoms with Crippen molar-refractivity contribution in [2.24, 2.45) is 0 Å². The van der Waals surface area contributed by atoms with Crippen molar-refractivity contribution in [1.82, 2.24) is 4.98 Å². The minimum atomic E-state index is 0.201. The van der Waals surface area contributed by atoms with Gasteiger partial charge in [0.2, 0.25) is 0 Å². The quantitative estimate of drug-likeness (QED) is 0.607. The molecule has 3 aromatic rings. The number of nitrogens with zero attached hydrogens (tertiary/aromatic N) is 1. The molecule has 1 saturated carbocycles. The number of fused-ring (bicyclic) bond motifs is 1. The van der Waals surface area contributed by atoms with Gasteiger partial charge in [0.1, 0.15) is 17.3 Å². The molecule has 0 radical (unpaired) electrons. The summed E-state index contributed by atoms with van der Waals surface area (Å²) >= 11 is 0. The van der Waals surface area contributed by atoms with Crippen molar-refractivity contribution in [3.8, 4) is 22.8 Å². The molecule has 132 valence electrons. The van der Waals surface area contributed by atoms with Crippen molar-refractivity contribution < 1.29 is 9.84 Å². The Morgan fingerprint density at radius 3 is 2.46 bits per heavy atom. The summed E-state index contributed by atoms with van der Waals surface area (Å²) in [6.45, 7) is 1.73. The zero-order valence-electron chi connectivity index (χ0n) is 14.8. The Hall–Kier alpha value is -3.08. The van der Waals surface area contributed by atoms with Crippen LogP contribution in [0.5, 0.6) is 11.5 Å². The lowest BCUT2D eigenvalue weighted by atomic mass is 9.94. The van der Waals surface area contributed by atoms with Crippen molar-refractivity contribution >= 4 is 22.3 Å². The second-order valence-corrected chi connectivity index (χ2v) is 6.81. The van der Waals surface area contributed by atoms with Gasteiger partial charge in [-0.15, -0.1) is 0 Å². The fraction of sp³-hybridized carbons (Fsp3) is 0.238. The molecule has 0 spiro atoms. The number of rotatable bonds is 4. The molecule has 1 aromatic heterocycles. The van der Waals surface area contributed by atoms with Crippen LogP contribution in [0.3, 0.4) is 0 Å². The Bertz CT molecular complexity index is 1020. The van der Waals surface area contributed by atoms with Crippen molar-refractivity contribution in [1.29, 1.82) is 5.41 Å². The van der Waals surface area contributed by atoms with Crippen LogP contribution in [0, 0.1) is 5.41 Å². The average molecular weight is 347 g/mol. The number of methoxy groups -OCH3 is 1. The van der Waals surface area contributed by atoms with Crippen LogP contribution in [0.25, 0.3) is 22.0 Å². The van der Waals surface area contributed by atoms with Gasteiger partial charge in [-0.05, 0) is 73.0 Å². The molecule has 0 saturated heterocycles. The van der Waals surface area contributed by atoms with Gasteiger partial charge in [0.15, 0.2) is 0 Å². The summed E-state index contributed by atoms with van der Waals surface area (Å²) in [5.41, 5.74) is 10.1. The Labute approximate surface area is 152 Å². The summed E-state index contributed by atoms with van der Waals surface area (Å²) in [5.74, 6) is 1.91. The van der Waals surface area contributed by atoms with Gasteiger partial charge in [-0.25, -0.2) is 4.98 Å². The predicted octanol–water partition coefficient (Wildman–Crippen LogP) is 4.46. The Morgan fingerprint density at radius 1 is 1.19 bits per heavy atom. The lowest BCUT2D eigenvalue weighted by molar-refractivity contribution is 0.410. The SMILES string of the molecule is COc1cc2c(-c3ccc(O)cc3)nc(N)c(C(C)=N)c2cc1C1CC1. The number of benzene rings is 2. The molecule has 5 nitrogen and oxygen atoms in total. The maximum absolute atomic E-state index is 9.58. The molecule has 0 aliphatic heterocycles. The number of aromatic nitrogens is 1. The van der Waals surface area contributed by atoms with E-state index in [1.165, 1.54) is 5.56 Å². The molecule has 0 bridgehead atoms. The van der Waals surface area contributed by atoms with Crippen LogP contribution in [-0.2, 0) is 0 Å². The van der Waals surface area contributed by atoms with Crippen molar-refractivity contribution in [2.45, 2.75) is 25.7 Å². The summed E-state index contributed by atoms with van der Waals surface area (Å²) in [6, 6.07) is 11.0. The molecule has 26 heavy (non-hydrogen) atoms. The Kier molecular flexibility index (Phi) is 3.80. The van der Waals surface area contributed by atoms with Gasteiger partial charge in [-0.2, -0.15) is 0 Å². The first kappa shape index (κ1) is 16.4. The van der Waals surface area contributed by atoms with Crippen LogP contribution in [0.4, 0.5) is 5.82 Å². The Morgan fingerprint density at radius 2 is 1.88 bits per heavy atom. The molecule has 2 aromatic carbocycles. The van der Waals surface area contributed by atoms with Crippen molar-refractivity contribution in [3.05, 3.63) is 47.5 Å². The summed E-state index contributed by atoms with van der Waals surface area (Å²) < 4.78 is 5.64. The van der Waals surface area contributed by atoms with E-state index in [4.69, 9.17) is 15.9 Å². The topological polar surface area (TPSA) is 92.2 Å². The van der Waals surface area contributed by atoms with E-state index in [-0.39, 0.29) is 5.75 Å². The first-order valence-corrected chi connectivity index (χ1v) is 8.65. The van der Waals surface area contributed by atoms with E-state index in [1.807, 2.05) is 18.2 Å². The molecule has 1 heterocycles. The first-order chi connectivity index (χ1) is 12.5. The van der Waals surface area contributed by atoms with E-state index >= 15 is 0 Å². The van der Waals surface area contributed by atoms with E-state index in [0.29, 0.717) is 23.0 Å². The smallest absolute Gasteiger partial charge is 0.133 e. The summed E-state index contributed by atoms with van der Waals surface area (Å²) in [4.78, 5) is 4.59. The zero-order valence-corrected chi connectivity index (χ0v) is 14.8. The van der Waals surface area contributed by atoms with E-state index in [2.05, 4.69) is 11.1 Å². The maximum atomic E-state index is 9.58. The minimum Gasteiger partial charge on any atom is -0.508 e. The lowest BCUT2D eigenvalue weighted by Crippen LogP contribution is -2.06. The zero-order chi connectivity index (χ0) is 18.4. The number of phenolic OH excluding ortho intramolecular Hbond substituents is 1. The number of nitrogens with one attached hydrogen (secondary N) is 1. The van der Waals surface area contributed by atoms with Gasteiger partial charge < -0.3 is 21.0 Å². The third-order valence-electron chi connectivity index (χ3n) is 4.92. The van der Waals surface area contributed by atoms with Crippen LogP contribution in [-0.4, -0.2) is 22.9 Å². The van der Waals surface area contributed by atoms with Crippen LogP contribution >= 0.6 is 0 Å². The first-order valence-electron chi connectivity index (χ1n) is 8.65. The van der Waals surface area contributed by atoms with Crippen LogP contribution < -0.4 is 10.5 Å². The average Bonchev–Trinajstić information content (AvgIpc) is 3.45. The van der Waals surface area contributed by atoms with E-state index < -0.39 is 0 Å². The normalized spacial score (nSPS) is 13.8. The summed E-state index contributed by atoms with van der Waals surface area (Å²) in [7, 11) is 1.68. The van der Waals surface area contributed by atoms with E-state index in [1.54, 1.807) is 26.2 Å². The van der Waals surface area contributed by atoms with Gasteiger partial charge >= 0.3 is 0 Å². The van der Waals surface area contributed by atoms with Gasteiger partial charge in [0.05, 0.1) is 12.8 Å². The Balaban J connectivity index is 2.08. The maximum Gasteiger partial charge on any atom is 0.133 e. The van der Waals surface area contributed by atoms with Crippen LogP contribution in [0.15, 0.2) is 36.4 Å². The number of aromatic hydroxyl groups is 1. The third kappa shape index (κ3) is 2.65. The van der Waals surface area contributed by atoms with E-state index in [0.717, 1.165) is 40.6 Å². The molecule has 0 amide bonds. The number of pyridine rings is 1. The molecule has 0 unspecified atom stereocenters. The standard InChI is InChI=1S/C21H21N3O2/c1-11(22)19-16-9-15(12-3-4-12)18(26-2)10-17(16)20(24-21(19)23)13-5-7-14(25)8-6-13/h5-10,12,22,25H,3-4H2,1-2H3,(H2,23,24). The van der Waals surface area contributed by atoms with Crippen molar-refractivity contribution in [2.75, 3.05) is 12.8 Å². The molecule has 1 aliphatic carbocycles. The number of nitrogens with two attached hydrogens (primary N) is 1. The second-order valence-electron chi connectivity index (χ2n) is 6.81. The molecule has 4 rings (SSSR count). The highest BCUT2D eigenvalue weighted by Gasteiger charge is 2.28. The van der Waals surface area contributed by atoms with Gasteiger partial charge in [-0.3, -0.25) is 0 Å². The number of hydrogen-bond acceptors (Lipinski definition) is 5. The fourth-order valence-electron chi connectivity index (χ4n) is 3.50. The van der Waals surface area contributed by atoms with Gasteiger partial charge in [0.25, 0.3) is 0 Å². The molecule has 4 N–H and O–H groups in total. The largest absolute Gasteiger partial charge is 0.508 e. The molecule has 0 atom stereocenters. The summed E-state index contributed by atoms with van der Waals surface area (Å²) in [5, 5.41) is 19.6. The second kappa shape index (κ2) is 6.02. The fourth-order valence-corrected chi connectivity index (χ4v) is 3.50. The third-order valence-corrected chi connectivity index (χ3v) is 4.92. The molecular weight excluding hydrogens is 326 g/mol. The van der Waals surface area contributed by atoms with Crippen LogP contribution in [0.2, 0.25) is 0 Å². The van der Waals surface area contributed by atoms with Crippen molar-refractivity contribution in [3.63, 3.8) is 0 Å². The van der Waals surface area contributed by atoms with Gasteiger partial charge in [-0.1, -0.05) is 0 Å². The predicted molar refractivity (Wildman–Crippen MR) is 104 cm³/mol. The lowest BCUT2D eigenvalue weighted by Gasteiger charge is -2.16. The van der Waals surface area contributed by atoms with Gasteiger partial charge in [0, 0.05) is 22.2 Å². The molecular formula is C21H21N3O2. The number of hydrogen-bond donors (Lipinski definition) is 3. The minimum absolute atomic E-state index is 0.201. The van der Waals surface area contributed by atoms with E-state index in [9.17, 15) is 5.11 Å². The highest BCUT2D eigenvalue weighted by molar-refractivity contribution is 6.14. The number of ether oxygens (including phenoxy) is 1. The molecule has 5 heteroatoms.